The number of nitroso groups, excluding NO2 is 1. The highest BCUT2D eigenvalue weighted by molar-refractivity contribution is 6.43. The van der Waals surface area contributed by atoms with Crippen LogP contribution in [0, 0.1) is 4.91 Å². The van der Waals surface area contributed by atoms with E-state index >= 15 is 0 Å². The summed E-state index contributed by atoms with van der Waals surface area (Å²) in [6.07, 6.45) is 1.56. The fourth-order valence-corrected chi connectivity index (χ4v) is 1.24. The number of aromatic nitrogens is 2. The van der Waals surface area contributed by atoms with Crippen molar-refractivity contribution in [3.05, 3.63) is 35.0 Å². The van der Waals surface area contributed by atoms with Crippen LogP contribution in [0.4, 0.5) is 0 Å². The number of amides is 1. The first-order valence-corrected chi connectivity index (χ1v) is 4.08. The van der Waals surface area contributed by atoms with Crippen LogP contribution in [0.3, 0.4) is 0 Å². The number of H-pyrrole nitrogens is 1. The van der Waals surface area contributed by atoms with Gasteiger partial charge in [-0.1, -0.05) is 0 Å². The zero-order chi connectivity index (χ0) is 10.8. The number of nitrogens with one attached hydrogen (secondary N) is 1. The lowest BCUT2D eigenvalue weighted by molar-refractivity contribution is -0.114. The van der Waals surface area contributed by atoms with E-state index in [-0.39, 0.29) is 5.69 Å². The summed E-state index contributed by atoms with van der Waals surface area (Å²) < 4.78 is 0. The fourth-order valence-electron chi connectivity index (χ4n) is 1.24. The molecule has 15 heavy (non-hydrogen) atoms. The van der Waals surface area contributed by atoms with Crippen LogP contribution in [0.2, 0.25) is 0 Å². The third-order valence-corrected chi connectivity index (χ3v) is 1.91. The van der Waals surface area contributed by atoms with E-state index in [1.165, 1.54) is 6.07 Å². The van der Waals surface area contributed by atoms with Crippen molar-refractivity contribution in [3.63, 3.8) is 0 Å². The molecule has 2 heterocycles. The van der Waals surface area contributed by atoms with E-state index in [0.29, 0.717) is 11.0 Å². The number of hydrogen-bond donors (Lipinski definition) is 1. The lowest BCUT2D eigenvalue weighted by Crippen LogP contribution is -2.10. The topological polar surface area (TPSA) is 92.2 Å². The van der Waals surface area contributed by atoms with Crippen LogP contribution < -0.4 is 0 Å². The number of fused-ring (bicyclic) bond motifs is 1. The Kier molecular flexibility index (Phi) is 2.09. The van der Waals surface area contributed by atoms with Gasteiger partial charge in [-0.2, -0.15) is 0 Å². The second kappa shape index (κ2) is 3.41. The van der Waals surface area contributed by atoms with E-state index in [1.807, 2.05) is 0 Å². The number of rotatable bonds is 2. The SMILES string of the molecule is O=NC(=O)C(=O)c1cc2ncccc2[nH]1. The summed E-state index contributed by atoms with van der Waals surface area (Å²) in [5.41, 5.74) is 1.20. The normalized spacial score (nSPS) is 10.1. The highest BCUT2D eigenvalue weighted by Crippen LogP contribution is 2.12. The summed E-state index contributed by atoms with van der Waals surface area (Å²) in [6, 6.07) is 4.80. The largest absolute Gasteiger partial charge is 0.358 e. The summed E-state index contributed by atoms with van der Waals surface area (Å²) in [5.74, 6) is -2.27. The van der Waals surface area contributed by atoms with Crippen LogP contribution >= 0.6 is 0 Å². The molecule has 0 radical (unpaired) electrons. The van der Waals surface area contributed by atoms with Crippen LogP contribution in [0.5, 0.6) is 0 Å². The Balaban J connectivity index is 2.49. The molecule has 0 aliphatic carbocycles. The highest BCUT2D eigenvalue weighted by Gasteiger charge is 2.18. The molecule has 0 aromatic carbocycles. The molecule has 0 atom stereocenters. The number of carbonyl (C=O) groups is 2. The average Bonchev–Trinajstić information content (AvgIpc) is 2.70. The molecular formula is C9H5N3O3. The number of carbonyl (C=O) groups excluding carboxylic acids is 2. The van der Waals surface area contributed by atoms with Gasteiger partial charge in [0.15, 0.2) is 0 Å². The summed E-state index contributed by atoms with van der Waals surface area (Å²) in [6.45, 7) is 0. The van der Waals surface area contributed by atoms with Gasteiger partial charge >= 0.3 is 5.91 Å². The van der Waals surface area contributed by atoms with Gasteiger partial charge in [0.25, 0.3) is 5.78 Å². The lowest BCUT2D eigenvalue weighted by atomic mass is 10.3. The lowest BCUT2D eigenvalue weighted by Gasteiger charge is -1.86. The Labute approximate surface area is 83.3 Å². The Morgan fingerprint density at radius 1 is 1.40 bits per heavy atom. The van der Waals surface area contributed by atoms with Crippen molar-refractivity contribution in [2.45, 2.75) is 0 Å². The Morgan fingerprint density at radius 2 is 2.20 bits per heavy atom. The first-order chi connectivity index (χ1) is 7.22. The monoisotopic (exact) mass is 203 g/mol. The first-order valence-electron chi connectivity index (χ1n) is 4.08. The van der Waals surface area contributed by atoms with E-state index in [4.69, 9.17) is 0 Å². The molecule has 1 amide bonds. The van der Waals surface area contributed by atoms with Crippen LogP contribution in [0.15, 0.2) is 29.6 Å². The van der Waals surface area contributed by atoms with E-state index in [9.17, 15) is 14.5 Å². The van der Waals surface area contributed by atoms with Crippen molar-refractivity contribution in [2.75, 3.05) is 0 Å². The van der Waals surface area contributed by atoms with Gasteiger partial charge in [-0.15, -0.1) is 4.91 Å². The number of nitrogens with zero attached hydrogens (tertiary/aromatic N) is 2. The molecule has 0 saturated carbocycles. The van der Waals surface area contributed by atoms with Crippen molar-refractivity contribution in [3.8, 4) is 0 Å². The molecule has 0 bridgehead atoms. The highest BCUT2D eigenvalue weighted by atomic mass is 16.3. The van der Waals surface area contributed by atoms with Gasteiger partial charge in [0.2, 0.25) is 0 Å². The average molecular weight is 203 g/mol. The summed E-state index contributed by atoms with van der Waals surface area (Å²) in [4.78, 5) is 38.5. The molecule has 0 fully saturated rings. The minimum Gasteiger partial charge on any atom is -0.350 e. The van der Waals surface area contributed by atoms with E-state index in [0.717, 1.165) is 0 Å². The molecule has 0 saturated heterocycles. The standard InChI is InChI=1S/C9H5N3O3/c13-8(9(14)12-15)7-4-6-5(11-7)2-1-3-10-6/h1-4,11H. The zero-order valence-electron chi connectivity index (χ0n) is 7.43. The minimum absolute atomic E-state index is 0.0216. The van der Waals surface area contributed by atoms with Crippen molar-refractivity contribution in [1.82, 2.24) is 9.97 Å². The second-order valence-electron chi connectivity index (χ2n) is 2.84. The molecule has 0 spiro atoms. The molecule has 6 heteroatoms. The van der Waals surface area contributed by atoms with Crippen LogP contribution in [-0.2, 0) is 4.79 Å². The molecule has 2 aromatic rings. The Hall–Kier alpha value is -2.37. The number of aromatic amines is 1. The van der Waals surface area contributed by atoms with E-state index in [2.05, 4.69) is 15.1 Å². The maximum Gasteiger partial charge on any atom is 0.358 e. The van der Waals surface area contributed by atoms with Crippen LogP contribution in [0.25, 0.3) is 11.0 Å². The Bertz CT molecular complexity index is 525. The molecule has 2 aromatic heterocycles. The fraction of sp³-hybridized carbons (Fsp3) is 0. The quantitative estimate of drug-likeness (QED) is 0.448. The first kappa shape index (κ1) is 9.20. The van der Waals surface area contributed by atoms with Gasteiger partial charge in [-0.05, 0) is 18.2 Å². The molecule has 74 valence electrons. The molecule has 2 rings (SSSR count). The van der Waals surface area contributed by atoms with Gasteiger partial charge in [-0.25, -0.2) is 0 Å². The zero-order valence-corrected chi connectivity index (χ0v) is 7.43. The van der Waals surface area contributed by atoms with Gasteiger partial charge in [-0.3, -0.25) is 14.6 Å². The van der Waals surface area contributed by atoms with Crippen molar-refractivity contribution < 1.29 is 9.59 Å². The molecular weight excluding hydrogens is 198 g/mol. The van der Waals surface area contributed by atoms with Crippen LogP contribution in [-0.4, -0.2) is 21.7 Å². The molecule has 6 nitrogen and oxygen atoms in total. The molecule has 0 aliphatic rings. The summed E-state index contributed by atoms with van der Waals surface area (Å²) >= 11 is 0. The number of Topliss-reactive ketones (excluding diaryl/α,β-unsaturated/α-hetero) is 1. The third kappa shape index (κ3) is 1.52. The Morgan fingerprint density at radius 3 is 2.87 bits per heavy atom. The predicted molar refractivity (Wildman–Crippen MR) is 51.2 cm³/mol. The maximum absolute atomic E-state index is 11.2. The van der Waals surface area contributed by atoms with Gasteiger partial charge < -0.3 is 4.98 Å². The number of hydrogen-bond acceptors (Lipinski definition) is 4. The second-order valence-corrected chi connectivity index (χ2v) is 2.84. The predicted octanol–water partition coefficient (Wildman–Crippen LogP) is 1.04. The van der Waals surface area contributed by atoms with Gasteiger partial charge in [0.1, 0.15) is 0 Å². The summed E-state index contributed by atoms with van der Waals surface area (Å²) in [7, 11) is 0. The number of pyridine rings is 1. The minimum atomic E-state index is -1.32. The smallest absolute Gasteiger partial charge is 0.350 e. The van der Waals surface area contributed by atoms with Crippen LogP contribution in [0.1, 0.15) is 10.5 Å². The summed E-state index contributed by atoms with van der Waals surface area (Å²) in [5, 5.41) is 2.06. The molecule has 0 aliphatic heterocycles. The third-order valence-electron chi connectivity index (χ3n) is 1.91. The van der Waals surface area contributed by atoms with E-state index < -0.39 is 11.7 Å². The molecule has 0 unspecified atom stereocenters. The van der Waals surface area contributed by atoms with Crippen molar-refractivity contribution in [1.29, 1.82) is 0 Å². The van der Waals surface area contributed by atoms with Crippen molar-refractivity contribution in [2.24, 2.45) is 5.18 Å². The number of ketones is 1. The molecule has 1 N–H and O–H groups in total. The maximum atomic E-state index is 11.2. The van der Waals surface area contributed by atoms with Crippen molar-refractivity contribution >= 4 is 22.7 Å². The van der Waals surface area contributed by atoms with Gasteiger partial charge in [0, 0.05) is 11.4 Å². The van der Waals surface area contributed by atoms with E-state index in [1.54, 1.807) is 18.3 Å². The van der Waals surface area contributed by atoms with Gasteiger partial charge in [0.05, 0.1) is 16.7 Å².